The van der Waals surface area contributed by atoms with E-state index in [4.69, 9.17) is 0 Å². The summed E-state index contributed by atoms with van der Waals surface area (Å²) in [6.45, 7) is 4.61. The first-order chi connectivity index (χ1) is 49.1. The Kier molecular flexibility index (Phi) is 80.7. The first-order valence-corrected chi connectivity index (χ1v) is 48.0. The standard InChI is InChI=1S/2C46H86O3S.Ba/c2*1-2-3-4-5-6-7-8-9-10-11-12-13-14-15-16-17-18-19-20-21-22-23-24-25-26-27-28-29-30-31-32-33-34-35-36-37-38-39-40-45-41-43-46(44-42-45)50(47,48)49;/h2*41-44H,2-40H2,1H3,(H,47,48,49);/q;;+2/p-2. The molecule has 2 rings (SSSR count). The van der Waals surface area contributed by atoms with E-state index in [2.05, 4.69) is 13.8 Å². The van der Waals surface area contributed by atoms with E-state index < -0.39 is 20.2 Å². The molecule has 2 aromatic carbocycles. The molecule has 0 aromatic heterocycles. The minimum atomic E-state index is -4.33. The van der Waals surface area contributed by atoms with E-state index in [9.17, 15) is 25.9 Å². The van der Waals surface area contributed by atoms with Gasteiger partial charge in [-0.1, -0.05) is 513 Å². The Morgan fingerprint density at radius 3 is 0.376 bits per heavy atom. The van der Waals surface area contributed by atoms with Crippen LogP contribution in [0.3, 0.4) is 0 Å². The second kappa shape index (κ2) is 80.8. The Balaban J connectivity index is 0.00000196. The summed E-state index contributed by atoms with van der Waals surface area (Å²) in [6, 6.07) is 12.8. The molecule has 2 aromatic rings. The van der Waals surface area contributed by atoms with Crippen molar-refractivity contribution in [3.05, 3.63) is 59.7 Å². The molecule has 0 saturated heterocycles. The SMILES string of the molecule is CCCCCCCCCCCCCCCCCCCCCCCCCCCCCCCCCCCCCCCCc1ccc(S(=O)(=O)[O-])cc1.CCCCCCCCCCCCCCCCCCCCCCCCCCCCCCCCCCCCCCCCc1ccc(S(=O)(=O)[O-])cc1.[Ba+2]. The molecule has 0 aliphatic carbocycles. The van der Waals surface area contributed by atoms with E-state index in [1.165, 1.54) is 499 Å². The van der Waals surface area contributed by atoms with Crippen molar-refractivity contribution >= 4 is 69.1 Å². The molecule has 0 N–H and O–H groups in total. The Bertz CT molecular complexity index is 1980. The van der Waals surface area contributed by atoms with Crippen LogP contribution in [-0.2, 0) is 33.1 Å². The van der Waals surface area contributed by atoms with Gasteiger partial charge in [0.15, 0.2) is 0 Å². The largest absolute Gasteiger partial charge is 2.00 e. The molecule has 6 nitrogen and oxygen atoms in total. The molecule has 588 valence electrons. The van der Waals surface area contributed by atoms with Crippen molar-refractivity contribution in [2.24, 2.45) is 0 Å². The fourth-order valence-corrected chi connectivity index (χ4v) is 16.1. The molecule has 0 spiro atoms. The van der Waals surface area contributed by atoms with Gasteiger partial charge in [0, 0.05) is 0 Å². The molecule has 0 unspecified atom stereocenters. The third-order valence-corrected chi connectivity index (χ3v) is 23.8. The second-order valence-corrected chi connectivity index (χ2v) is 34.6. The molecule has 0 atom stereocenters. The van der Waals surface area contributed by atoms with E-state index in [-0.39, 0.29) is 58.7 Å². The zero-order valence-electron chi connectivity index (χ0n) is 67.7. The van der Waals surface area contributed by atoms with Gasteiger partial charge >= 0.3 is 48.9 Å². The van der Waals surface area contributed by atoms with Gasteiger partial charge in [0.05, 0.1) is 9.79 Å². The fraction of sp³-hybridized carbons (Fsp3) is 0.870. The number of hydrogen-bond acceptors (Lipinski definition) is 6. The van der Waals surface area contributed by atoms with Crippen molar-refractivity contribution in [2.75, 3.05) is 0 Å². The summed E-state index contributed by atoms with van der Waals surface area (Å²) in [5, 5.41) is 0. The van der Waals surface area contributed by atoms with E-state index in [1.807, 2.05) is 0 Å². The Morgan fingerprint density at radius 2 is 0.277 bits per heavy atom. The zero-order chi connectivity index (χ0) is 72.1. The van der Waals surface area contributed by atoms with Crippen LogP contribution in [0.5, 0.6) is 0 Å². The molecular formula is C92H170BaO6S2. The van der Waals surface area contributed by atoms with Crippen LogP contribution in [0.1, 0.15) is 513 Å². The van der Waals surface area contributed by atoms with Crippen molar-refractivity contribution < 1.29 is 25.9 Å². The van der Waals surface area contributed by atoms with Gasteiger partial charge in [-0.05, 0) is 61.1 Å². The number of aryl methyl sites for hydroxylation is 2. The van der Waals surface area contributed by atoms with Crippen LogP contribution >= 0.6 is 0 Å². The number of unbranched alkanes of at least 4 members (excludes halogenated alkanes) is 74. The van der Waals surface area contributed by atoms with Gasteiger partial charge in [0.1, 0.15) is 20.2 Å². The Labute approximate surface area is 673 Å². The van der Waals surface area contributed by atoms with Crippen LogP contribution in [0.15, 0.2) is 58.3 Å². The predicted molar refractivity (Wildman–Crippen MR) is 444 cm³/mol. The normalized spacial score (nSPS) is 11.8. The van der Waals surface area contributed by atoms with Crippen LogP contribution in [-0.4, -0.2) is 74.8 Å². The van der Waals surface area contributed by atoms with E-state index in [0.29, 0.717) is 0 Å². The third kappa shape index (κ3) is 76.4. The summed E-state index contributed by atoms with van der Waals surface area (Å²) in [6.07, 6.45) is 111. The molecule has 0 aliphatic rings. The summed E-state index contributed by atoms with van der Waals surface area (Å²) >= 11 is 0. The average Bonchev–Trinajstić information content (AvgIpc) is 0.876. The van der Waals surface area contributed by atoms with Gasteiger partial charge in [-0.3, -0.25) is 0 Å². The first kappa shape index (κ1) is 101. The Morgan fingerprint density at radius 1 is 0.178 bits per heavy atom. The van der Waals surface area contributed by atoms with Crippen LogP contribution in [0.25, 0.3) is 0 Å². The second-order valence-electron chi connectivity index (χ2n) is 31.9. The van der Waals surface area contributed by atoms with Crippen molar-refractivity contribution in [1.29, 1.82) is 0 Å². The van der Waals surface area contributed by atoms with E-state index >= 15 is 0 Å². The maximum Gasteiger partial charge on any atom is 2.00 e. The monoisotopic (exact) mass is 1570 g/mol. The molecule has 0 aliphatic heterocycles. The maximum atomic E-state index is 11.0. The molecule has 0 bridgehead atoms. The van der Waals surface area contributed by atoms with Crippen LogP contribution in [0.4, 0.5) is 0 Å². The summed E-state index contributed by atoms with van der Waals surface area (Å²) < 4.78 is 66.1. The smallest absolute Gasteiger partial charge is 0.744 e. The van der Waals surface area contributed by atoms with Crippen molar-refractivity contribution in [3.63, 3.8) is 0 Å². The summed E-state index contributed by atoms with van der Waals surface area (Å²) in [4.78, 5) is -0.263. The number of hydrogen-bond donors (Lipinski definition) is 0. The van der Waals surface area contributed by atoms with E-state index in [0.717, 1.165) is 36.8 Å². The topological polar surface area (TPSA) is 114 Å². The number of rotatable bonds is 80. The molecular weight excluding hydrogens is 1400 g/mol. The van der Waals surface area contributed by atoms with Gasteiger partial charge in [0.2, 0.25) is 0 Å². The average molecular weight is 1570 g/mol. The van der Waals surface area contributed by atoms with Crippen LogP contribution in [0.2, 0.25) is 0 Å². The number of benzene rings is 2. The molecule has 0 saturated carbocycles. The summed E-state index contributed by atoms with van der Waals surface area (Å²) in [5.74, 6) is 0. The molecule has 0 amide bonds. The predicted octanol–water partition coefficient (Wildman–Crippen LogP) is 31.6. The van der Waals surface area contributed by atoms with Crippen molar-refractivity contribution in [3.8, 4) is 0 Å². The molecule has 0 heterocycles. The van der Waals surface area contributed by atoms with Gasteiger partial charge in [-0.25, -0.2) is 16.8 Å². The van der Waals surface area contributed by atoms with Gasteiger partial charge in [-0.15, -0.1) is 0 Å². The third-order valence-electron chi connectivity index (χ3n) is 22.1. The van der Waals surface area contributed by atoms with Crippen molar-refractivity contribution in [1.82, 2.24) is 0 Å². The molecule has 0 radical (unpaired) electrons. The van der Waals surface area contributed by atoms with E-state index in [1.54, 1.807) is 24.3 Å². The first-order valence-electron chi connectivity index (χ1n) is 45.2. The zero-order valence-corrected chi connectivity index (χ0v) is 73.8. The van der Waals surface area contributed by atoms with Gasteiger partial charge in [-0.2, -0.15) is 0 Å². The quantitative estimate of drug-likeness (QED) is 0.0370. The summed E-state index contributed by atoms with van der Waals surface area (Å²) in [5.41, 5.74) is 2.23. The van der Waals surface area contributed by atoms with Gasteiger partial charge in [0.25, 0.3) is 0 Å². The fourth-order valence-electron chi connectivity index (χ4n) is 15.2. The minimum Gasteiger partial charge on any atom is -0.744 e. The minimum absolute atomic E-state index is 0. The van der Waals surface area contributed by atoms with Crippen LogP contribution in [0, 0.1) is 0 Å². The van der Waals surface area contributed by atoms with Crippen LogP contribution < -0.4 is 0 Å². The molecule has 9 heteroatoms. The van der Waals surface area contributed by atoms with Crippen molar-refractivity contribution in [2.45, 2.75) is 524 Å². The Hall–Kier alpha value is -0.169. The molecule has 101 heavy (non-hydrogen) atoms. The molecule has 0 fully saturated rings. The van der Waals surface area contributed by atoms with Gasteiger partial charge < -0.3 is 9.11 Å². The summed E-state index contributed by atoms with van der Waals surface area (Å²) in [7, 11) is -8.67. The maximum absolute atomic E-state index is 11.0.